The third-order valence-electron chi connectivity index (χ3n) is 4.88. The fraction of sp³-hybridized carbons (Fsp3) is 0.261. The van der Waals surface area contributed by atoms with Gasteiger partial charge in [0, 0.05) is 12.5 Å². The minimum absolute atomic E-state index is 0.135. The maximum Gasteiger partial charge on any atom is 0.163 e. The Morgan fingerprint density at radius 3 is 2.07 bits per heavy atom. The maximum atomic E-state index is 4.54. The number of hydrogen-bond acceptors (Lipinski definition) is 4. The van der Waals surface area contributed by atoms with Gasteiger partial charge in [0.2, 0.25) is 0 Å². The van der Waals surface area contributed by atoms with Gasteiger partial charge in [-0.25, -0.2) is 14.6 Å². The van der Waals surface area contributed by atoms with E-state index in [0.717, 1.165) is 23.4 Å². The predicted molar refractivity (Wildman–Crippen MR) is 114 cm³/mol. The molecule has 2 aromatic heterocycles. The molecule has 0 spiro atoms. The highest BCUT2D eigenvalue weighted by atomic mass is 15.3. The lowest BCUT2D eigenvalue weighted by molar-refractivity contribution is 0.366. The number of nitrogens with zero attached hydrogens (tertiary/aromatic N) is 4. The van der Waals surface area contributed by atoms with Gasteiger partial charge in [0.1, 0.15) is 12.1 Å². The van der Waals surface area contributed by atoms with Crippen LogP contribution in [0.2, 0.25) is 0 Å². The predicted octanol–water partition coefficient (Wildman–Crippen LogP) is 4.83. The molecule has 4 rings (SSSR count). The zero-order chi connectivity index (χ0) is 19.6. The van der Waals surface area contributed by atoms with E-state index < -0.39 is 0 Å². The van der Waals surface area contributed by atoms with Crippen LogP contribution in [0.3, 0.4) is 0 Å². The first kappa shape index (κ1) is 18.2. The van der Waals surface area contributed by atoms with Gasteiger partial charge in [-0.1, -0.05) is 60.7 Å². The summed E-state index contributed by atoms with van der Waals surface area (Å²) in [6.45, 7) is 7.10. The number of benzene rings is 2. The molecule has 5 heteroatoms. The van der Waals surface area contributed by atoms with Crippen LogP contribution in [-0.2, 0) is 5.54 Å². The smallest absolute Gasteiger partial charge is 0.163 e. The Bertz CT molecular complexity index is 1010. The number of rotatable bonds is 5. The maximum absolute atomic E-state index is 4.54. The average Bonchev–Trinajstić information content (AvgIpc) is 3.15. The number of hydrogen-bond donors (Lipinski definition) is 1. The zero-order valence-electron chi connectivity index (χ0n) is 16.5. The summed E-state index contributed by atoms with van der Waals surface area (Å²) in [5.41, 5.74) is 3.26. The molecule has 0 aliphatic heterocycles. The molecule has 2 heterocycles. The monoisotopic (exact) mass is 371 g/mol. The van der Waals surface area contributed by atoms with Gasteiger partial charge in [0.05, 0.1) is 17.1 Å². The topological polar surface area (TPSA) is 55.6 Å². The highest BCUT2D eigenvalue weighted by Crippen LogP contribution is 2.27. The molecule has 4 aromatic rings. The molecule has 0 atom stereocenters. The standard InChI is InChI=1S/C23H25N5/c1-23(2,3)28-22-20(15-27-28)21(25-16-26-22)24-14-19(17-10-6-4-7-11-17)18-12-8-5-9-13-18/h4-13,15-16,19H,14H2,1-3H3,(H,24,25,26). The van der Waals surface area contributed by atoms with Crippen molar-refractivity contribution >= 4 is 16.9 Å². The van der Waals surface area contributed by atoms with Crippen molar-refractivity contribution in [2.75, 3.05) is 11.9 Å². The van der Waals surface area contributed by atoms with E-state index in [1.54, 1.807) is 6.33 Å². The third kappa shape index (κ3) is 3.60. The summed E-state index contributed by atoms with van der Waals surface area (Å²) in [5, 5.41) is 9.03. The van der Waals surface area contributed by atoms with Gasteiger partial charge in [0.15, 0.2) is 5.65 Å². The number of fused-ring (bicyclic) bond motifs is 1. The van der Waals surface area contributed by atoms with Crippen LogP contribution < -0.4 is 5.32 Å². The highest BCUT2D eigenvalue weighted by Gasteiger charge is 2.20. The minimum atomic E-state index is -0.135. The van der Waals surface area contributed by atoms with Gasteiger partial charge in [-0.2, -0.15) is 5.10 Å². The minimum Gasteiger partial charge on any atom is -0.368 e. The molecule has 0 radical (unpaired) electrons. The molecular weight excluding hydrogens is 346 g/mol. The SMILES string of the molecule is CC(C)(C)n1ncc2c(NCC(c3ccccc3)c3ccccc3)ncnc21. The molecule has 0 amide bonds. The van der Waals surface area contributed by atoms with Gasteiger partial charge in [-0.3, -0.25) is 0 Å². The highest BCUT2D eigenvalue weighted by molar-refractivity contribution is 5.86. The van der Waals surface area contributed by atoms with Gasteiger partial charge in [-0.05, 0) is 31.9 Å². The van der Waals surface area contributed by atoms with Crippen LogP contribution in [0.4, 0.5) is 5.82 Å². The number of nitrogens with one attached hydrogen (secondary N) is 1. The van der Waals surface area contributed by atoms with Crippen LogP contribution in [0.5, 0.6) is 0 Å². The van der Waals surface area contributed by atoms with Crippen LogP contribution in [0.1, 0.15) is 37.8 Å². The molecule has 142 valence electrons. The Morgan fingerprint density at radius 1 is 0.893 bits per heavy atom. The normalized spacial score (nSPS) is 11.9. The van der Waals surface area contributed by atoms with E-state index in [-0.39, 0.29) is 11.5 Å². The van der Waals surface area contributed by atoms with Crippen LogP contribution in [0.15, 0.2) is 73.2 Å². The number of anilines is 1. The van der Waals surface area contributed by atoms with Gasteiger partial charge < -0.3 is 5.32 Å². The fourth-order valence-electron chi connectivity index (χ4n) is 3.47. The Labute approximate surface area is 165 Å². The second-order valence-corrected chi connectivity index (χ2v) is 7.94. The molecule has 2 aromatic carbocycles. The summed E-state index contributed by atoms with van der Waals surface area (Å²) in [6, 6.07) is 21.1. The van der Waals surface area contributed by atoms with Crippen LogP contribution in [0.25, 0.3) is 11.0 Å². The molecule has 0 saturated heterocycles. The first-order chi connectivity index (χ1) is 13.5. The quantitative estimate of drug-likeness (QED) is 0.546. The molecule has 1 N–H and O–H groups in total. The lowest BCUT2D eigenvalue weighted by atomic mass is 9.91. The molecule has 5 nitrogen and oxygen atoms in total. The van der Waals surface area contributed by atoms with Crippen LogP contribution >= 0.6 is 0 Å². The molecule has 0 unspecified atom stereocenters. The molecule has 0 aliphatic carbocycles. The van der Waals surface area contributed by atoms with Crippen molar-refractivity contribution in [1.29, 1.82) is 0 Å². The van der Waals surface area contributed by atoms with E-state index in [1.807, 2.05) is 23.0 Å². The largest absolute Gasteiger partial charge is 0.368 e. The van der Waals surface area contributed by atoms with Crippen molar-refractivity contribution in [3.8, 4) is 0 Å². The summed E-state index contributed by atoms with van der Waals surface area (Å²) in [6.07, 6.45) is 3.46. The summed E-state index contributed by atoms with van der Waals surface area (Å²) < 4.78 is 1.95. The van der Waals surface area contributed by atoms with Crippen LogP contribution in [0, 0.1) is 0 Å². The van der Waals surface area contributed by atoms with E-state index in [4.69, 9.17) is 0 Å². The Hall–Kier alpha value is -3.21. The summed E-state index contributed by atoms with van der Waals surface area (Å²) in [4.78, 5) is 8.95. The van der Waals surface area contributed by atoms with E-state index in [0.29, 0.717) is 0 Å². The second kappa shape index (κ2) is 7.43. The van der Waals surface area contributed by atoms with Crippen molar-refractivity contribution in [3.05, 3.63) is 84.3 Å². The molecule has 28 heavy (non-hydrogen) atoms. The van der Waals surface area contributed by atoms with E-state index in [9.17, 15) is 0 Å². The fourth-order valence-corrected chi connectivity index (χ4v) is 3.47. The van der Waals surface area contributed by atoms with Gasteiger partial charge in [0.25, 0.3) is 0 Å². The molecule has 0 saturated carbocycles. The van der Waals surface area contributed by atoms with E-state index in [1.165, 1.54) is 11.1 Å². The van der Waals surface area contributed by atoms with E-state index in [2.05, 4.69) is 89.7 Å². The lowest BCUT2D eigenvalue weighted by Crippen LogP contribution is -2.23. The summed E-state index contributed by atoms with van der Waals surface area (Å²) >= 11 is 0. The molecular formula is C23H25N5. The number of aromatic nitrogens is 4. The second-order valence-electron chi connectivity index (χ2n) is 7.94. The van der Waals surface area contributed by atoms with Gasteiger partial charge >= 0.3 is 0 Å². The molecule has 0 bridgehead atoms. The first-order valence-electron chi connectivity index (χ1n) is 9.57. The zero-order valence-corrected chi connectivity index (χ0v) is 16.5. The Kier molecular flexibility index (Phi) is 4.82. The van der Waals surface area contributed by atoms with Crippen molar-refractivity contribution in [2.24, 2.45) is 0 Å². The molecule has 0 fully saturated rings. The average molecular weight is 371 g/mol. The third-order valence-corrected chi connectivity index (χ3v) is 4.88. The van der Waals surface area contributed by atoms with Crippen molar-refractivity contribution in [1.82, 2.24) is 19.7 Å². The summed E-state index contributed by atoms with van der Waals surface area (Å²) in [7, 11) is 0. The first-order valence-corrected chi connectivity index (χ1v) is 9.57. The Balaban J connectivity index is 1.66. The van der Waals surface area contributed by atoms with Crippen LogP contribution in [-0.4, -0.2) is 26.3 Å². The van der Waals surface area contributed by atoms with Crippen molar-refractivity contribution in [2.45, 2.75) is 32.2 Å². The van der Waals surface area contributed by atoms with Crippen molar-refractivity contribution < 1.29 is 0 Å². The van der Waals surface area contributed by atoms with E-state index >= 15 is 0 Å². The lowest BCUT2D eigenvalue weighted by Gasteiger charge is -2.20. The molecule has 0 aliphatic rings. The van der Waals surface area contributed by atoms with Crippen molar-refractivity contribution in [3.63, 3.8) is 0 Å². The Morgan fingerprint density at radius 2 is 1.50 bits per heavy atom. The summed E-state index contributed by atoms with van der Waals surface area (Å²) in [5.74, 6) is 1.04. The van der Waals surface area contributed by atoms with Gasteiger partial charge in [-0.15, -0.1) is 0 Å².